The Hall–Kier alpha value is -3.16. The molecule has 2 aliphatic rings. The first-order chi connectivity index (χ1) is 15.1. The molecule has 2 unspecified atom stereocenters. The highest BCUT2D eigenvalue weighted by molar-refractivity contribution is 6.45. The van der Waals surface area contributed by atoms with Crippen LogP contribution in [-0.2, 0) is 15.8 Å². The maximum Gasteiger partial charge on any atom is 0.416 e. The van der Waals surface area contributed by atoms with Gasteiger partial charge in [0.2, 0.25) is 0 Å². The molecule has 4 nitrogen and oxygen atoms in total. The van der Waals surface area contributed by atoms with Gasteiger partial charge in [0.15, 0.2) is 0 Å². The molecule has 0 aliphatic carbocycles. The maximum absolute atomic E-state index is 13.5. The second-order valence-electron chi connectivity index (χ2n) is 8.58. The monoisotopic (exact) mass is 446 g/mol. The summed E-state index contributed by atoms with van der Waals surface area (Å²) in [4.78, 5) is 29.5. The minimum absolute atomic E-state index is 0.0775. The van der Waals surface area contributed by atoms with E-state index in [0.29, 0.717) is 18.7 Å². The van der Waals surface area contributed by atoms with E-state index in [0.717, 1.165) is 23.5 Å². The van der Waals surface area contributed by atoms with Gasteiger partial charge in [-0.05, 0) is 54.2 Å². The second kappa shape index (κ2) is 8.07. The summed E-state index contributed by atoms with van der Waals surface area (Å²) in [7, 11) is 0. The number of anilines is 1. The van der Waals surface area contributed by atoms with E-state index in [-0.39, 0.29) is 28.8 Å². The Labute approximate surface area is 183 Å². The third-order valence-electron chi connectivity index (χ3n) is 5.81. The van der Waals surface area contributed by atoms with Crippen LogP contribution in [0.3, 0.4) is 0 Å². The van der Waals surface area contributed by atoms with E-state index in [9.17, 15) is 27.2 Å². The number of rotatable bonds is 3. The number of amides is 2. The molecule has 2 aromatic carbocycles. The number of benzene rings is 2. The number of carbonyl (C=O) groups is 2. The van der Waals surface area contributed by atoms with Crippen molar-refractivity contribution in [1.82, 2.24) is 4.90 Å². The lowest BCUT2D eigenvalue weighted by atomic mass is 9.91. The van der Waals surface area contributed by atoms with Gasteiger partial charge >= 0.3 is 6.18 Å². The summed E-state index contributed by atoms with van der Waals surface area (Å²) in [5.41, 5.74) is -0.527. The van der Waals surface area contributed by atoms with E-state index in [2.05, 4.69) is 0 Å². The molecule has 8 heteroatoms. The van der Waals surface area contributed by atoms with Crippen LogP contribution in [0.4, 0.5) is 23.2 Å². The third-order valence-corrected chi connectivity index (χ3v) is 5.81. The zero-order valence-electron chi connectivity index (χ0n) is 17.6. The lowest BCUT2D eigenvalue weighted by Gasteiger charge is -2.37. The number of hydrogen-bond donors (Lipinski definition) is 0. The average Bonchev–Trinajstić information content (AvgIpc) is 2.97. The Kier molecular flexibility index (Phi) is 5.56. The summed E-state index contributed by atoms with van der Waals surface area (Å²) in [6.45, 7) is 5.18. The van der Waals surface area contributed by atoms with Gasteiger partial charge in [-0.25, -0.2) is 9.29 Å². The number of hydrogen-bond acceptors (Lipinski definition) is 3. The molecule has 2 amide bonds. The van der Waals surface area contributed by atoms with Gasteiger partial charge in [-0.15, -0.1) is 0 Å². The minimum Gasteiger partial charge on any atom is -0.366 e. The van der Waals surface area contributed by atoms with Gasteiger partial charge in [0.1, 0.15) is 11.5 Å². The Balaban J connectivity index is 1.83. The summed E-state index contributed by atoms with van der Waals surface area (Å²) in [6, 6.07) is 9.33. The van der Waals surface area contributed by atoms with Crippen molar-refractivity contribution in [3.05, 3.63) is 71.2 Å². The molecule has 2 aliphatic heterocycles. The van der Waals surface area contributed by atoms with Crippen molar-refractivity contribution in [2.45, 2.75) is 26.4 Å². The van der Waals surface area contributed by atoms with Crippen LogP contribution in [0.5, 0.6) is 0 Å². The molecule has 0 aromatic heterocycles. The number of imide groups is 1. The number of piperidine rings is 1. The van der Waals surface area contributed by atoms with Crippen molar-refractivity contribution in [3.8, 4) is 0 Å². The minimum atomic E-state index is -4.62. The van der Waals surface area contributed by atoms with Crippen molar-refractivity contribution >= 4 is 23.1 Å². The Morgan fingerprint density at radius 1 is 0.906 bits per heavy atom. The standard InChI is InChI=1S/C24H22F4N2O2/c1-14-10-15(2)13-29(12-14)21-20(16-6-8-18(25)9-7-16)22(31)30(23(21)32)19-5-3-4-17(11-19)24(26,27)28/h3-9,11,14-15H,10,12-13H2,1-2H3. The van der Waals surface area contributed by atoms with Crippen molar-refractivity contribution < 1.29 is 27.2 Å². The smallest absolute Gasteiger partial charge is 0.366 e. The fraction of sp³-hybridized carbons (Fsp3) is 0.333. The van der Waals surface area contributed by atoms with E-state index in [1.165, 1.54) is 36.4 Å². The van der Waals surface area contributed by atoms with Crippen LogP contribution in [0.15, 0.2) is 54.2 Å². The molecule has 168 valence electrons. The molecule has 1 saturated heterocycles. The van der Waals surface area contributed by atoms with Gasteiger partial charge in [-0.1, -0.05) is 32.0 Å². The summed E-state index contributed by atoms with van der Waals surface area (Å²) in [5.74, 6) is -1.35. The topological polar surface area (TPSA) is 40.6 Å². The van der Waals surface area contributed by atoms with Crippen LogP contribution in [0.1, 0.15) is 31.4 Å². The van der Waals surface area contributed by atoms with Gasteiger partial charge in [0.05, 0.1) is 16.8 Å². The first-order valence-corrected chi connectivity index (χ1v) is 10.4. The normalized spacial score (nSPS) is 22.2. The quantitative estimate of drug-likeness (QED) is 0.486. The fourth-order valence-corrected chi connectivity index (χ4v) is 4.59. The Morgan fingerprint density at radius 3 is 2.12 bits per heavy atom. The van der Waals surface area contributed by atoms with Crippen molar-refractivity contribution in [2.24, 2.45) is 11.8 Å². The SMILES string of the molecule is CC1CC(C)CN(C2=C(c3ccc(F)cc3)C(=O)N(c3cccc(C(F)(F)F)c3)C2=O)C1. The van der Waals surface area contributed by atoms with Crippen molar-refractivity contribution in [3.63, 3.8) is 0 Å². The van der Waals surface area contributed by atoms with Gasteiger partial charge in [0, 0.05) is 13.1 Å². The highest BCUT2D eigenvalue weighted by Gasteiger charge is 2.44. The van der Waals surface area contributed by atoms with Crippen molar-refractivity contribution in [1.29, 1.82) is 0 Å². The predicted molar refractivity (Wildman–Crippen MR) is 112 cm³/mol. The largest absolute Gasteiger partial charge is 0.416 e. The molecular weight excluding hydrogens is 424 g/mol. The van der Waals surface area contributed by atoms with Crippen LogP contribution < -0.4 is 4.90 Å². The van der Waals surface area contributed by atoms with Crippen LogP contribution >= 0.6 is 0 Å². The molecule has 1 fully saturated rings. The lowest BCUT2D eigenvalue weighted by molar-refractivity contribution is -0.137. The molecule has 0 radical (unpaired) electrons. The molecule has 32 heavy (non-hydrogen) atoms. The average molecular weight is 446 g/mol. The van der Waals surface area contributed by atoms with Crippen LogP contribution in [0.25, 0.3) is 5.57 Å². The molecule has 0 saturated carbocycles. The van der Waals surface area contributed by atoms with E-state index >= 15 is 0 Å². The van der Waals surface area contributed by atoms with Gasteiger partial charge in [-0.2, -0.15) is 13.2 Å². The summed E-state index contributed by atoms with van der Waals surface area (Å²) in [6.07, 6.45) is -3.65. The Bertz CT molecular complexity index is 1080. The van der Waals surface area contributed by atoms with Crippen molar-refractivity contribution in [2.75, 3.05) is 18.0 Å². The second-order valence-corrected chi connectivity index (χ2v) is 8.58. The molecule has 2 aromatic rings. The highest BCUT2D eigenvalue weighted by Crippen LogP contribution is 2.39. The summed E-state index contributed by atoms with van der Waals surface area (Å²) in [5, 5.41) is 0. The van der Waals surface area contributed by atoms with E-state index in [4.69, 9.17) is 0 Å². The fourth-order valence-electron chi connectivity index (χ4n) is 4.59. The lowest BCUT2D eigenvalue weighted by Crippen LogP contribution is -2.42. The predicted octanol–water partition coefficient (Wildman–Crippen LogP) is 5.11. The molecular formula is C24H22F4N2O2. The van der Waals surface area contributed by atoms with E-state index in [1.54, 1.807) is 0 Å². The number of alkyl halides is 3. The van der Waals surface area contributed by atoms with Crippen LogP contribution in [0, 0.1) is 17.7 Å². The molecule has 0 N–H and O–H groups in total. The highest BCUT2D eigenvalue weighted by atomic mass is 19.4. The van der Waals surface area contributed by atoms with E-state index < -0.39 is 29.4 Å². The van der Waals surface area contributed by atoms with Crippen LogP contribution in [0.2, 0.25) is 0 Å². The summed E-state index contributed by atoms with van der Waals surface area (Å²) >= 11 is 0. The molecule has 0 spiro atoms. The Morgan fingerprint density at radius 2 is 1.53 bits per heavy atom. The number of likely N-dealkylation sites (tertiary alicyclic amines) is 1. The van der Waals surface area contributed by atoms with Gasteiger partial charge < -0.3 is 4.90 Å². The van der Waals surface area contributed by atoms with Gasteiger partial charge in [-0.3, -0.25) is 9.59 Å². The molecule has 2 heterocycles. The zero-order valence-corrected chi connectivity index (χ0v) is 17.6. The first kappa shape index (κ1) is 22.0. The number of carbonyl (C=O) groups excluding carboxylic acids is 2. The molecule has 0 bridgehead atoms. The van der Waals surface area contributed by atoms with Gasteiger partial charge in [0.25, 0.3) is 11.8 Å². The molecule has 2 atom stereocenters. The van der Waals surface area contributed by atoms with E-state index in [1.807, 2.05) is 18.7 Å². The first-order valence-electron chi connectivity index (χ1n) is 10.4. The summed E-state index contributed by atoms with van der Waals surface area (Å²) < 4.78 is 53.2. The third kappa shape index (κ3) is 4.01. The zero-order chi connectivity index (χ0) is 23.2. The molecule has 4 rings (SSSR count). The number of halogens is 4. The maximum atomic E-state index is 13.5. The van der Waals surface area contributed by atoms with Crippen LogP contribution in [-0.4, -0.2) is 29.8 Å². The number of nitrogens with zero attached hydrogens (tertiary/aromatic N) is 2.